The summed E-state index contributed by atoms with van der Waals surface area (Å²) in [5, 5.41) is 11.0. The van der Waals surface area contributed by atoms with E-state index < -0.39 is 0 Å². The Kier molecular flexibility index (Phi) is 5.57. The zero-order chi connectivity index (χ0) is 21.1. The summed E-state index contributed by atoms with van der Waals surface area (Å²) in [6.45, 7) is 0.188. The van der Waals surface area contributed by atoms with Gasteiger partial charge in [0.15, 0.2) is 11.5 Å². The highest BCUT2D eigenvalue weighted by molar-refractivity contribution is 7.99. The maximum Gasteiger partial charge on any atom is 0.277 e. The molecule has 2 aromatic carbocycles. The second kappa shape index (κ2) is 8.46. The molecular formula is C20H18N4O5S. The lowest BCUT2D eigenvalue weighted by Gasteiger charge is -2.10. The van der Waals surface area contributed by atoms with Gasteiger partial charge < -0.3 is 24.1 Å². The molecule has 0 radical (unpaired) electrons. The average Bonchev–Trinajstić information content (AvgIpc) is 3.41. The normalized spacial score (nSPS) is 11.9. The Morgan fingerprint density at radius 1 is 1.07 bits per heavy atom. The van der Waals surface area contributed by atoms with Crippen LogP contribution in [0.15, 0.2) is 52.1 Å². The molecule has 0 bridgehead atoms. The van der Waals surface area contributed by atoms with Crippen LogP contribution in [0.3, 0.4) is 0 Å². The molecule has 4 rings (SSSR count). The number of ether oxygens (including phenoxy) is 2. The van der Waals surface area contributed by atoms with E-state index in [0.717, 1.165) is 11.8 Å². The summed E-state index contributed by atoms with van der Waals surface area (Å²) < 4.78 is 16.2. The molecule has 3 aromatic rings. The van der Waals surface area contributed by atoms with Crippen molar-refractivity contribution in [2.75, 3.05) is 32.0 Å². The summed E-state index contributed by atoms with van der Waals surface area (Å²) in [6, 6.07) is 12.0. The van der Waals surface area contributed by atoms with Crippen molar-refractivity contribution in [3.63, 3.8) is 0 Å². The third kappa shape index (κ3) is 4.38. The van der Waals surface area contributed by atoms with Crippen molar-refractivity contribution in [1.29, 1.82) is 0 Å². The molecule has 0 fully saturated rings. The van der Waals surface area contributed by atoms with Gasteiger partial charge in [-0.25, -0.2) is 0 Å². The largest absolute Gasteiger partial charge is 0.454 e. The van der Waals surface area contributed by atoms with Crippen molar-refractivity contribution in [3.8, 4) is 23.0 Å². The Bertz CT molecular complexity index is 1080. The summed E-state index contributed by atoms with van der Waals surface area (Å²) >= 11 is 1.13. The summed E-state index contributed by atoms with van der Waals surface area (Å²) in [6.07, 6.45) is 0. The zero-order valence-electron chi connectivity index (χ0n) is 16.2. The van der Waals surface area contributed by atoms with Crippen LogP contribution in [0.1, 0.15) is 10.4 Å². The molecule has 1 aromatic heterocycles. The van der Waals surface area contributed by atoms with Gasteiger partial charge in [0.25, 0.3) is 11.1 Å². The standard InChI is InChI=1S/C20H18N4O5S/c1-24(2)19(26)12-3-6-14(7-4-12)21-17(25)10-30-20-23-22-18(29-20)13-5-8-15-16(9-13)28-11-27-15/h3-9H,10-11H2,1-2H3,(H,21,25). The van der Waals surface area contributed by atoms with Gasteiger partial charge in [0.2, 0.25) is 18.6 Å². The predicted octanol–water partition coefficient (Wildman–Crippen LogP) is 2.90. The van der Waals surface area contributed by atoms with E-state index >= 15 is 0 Å². The van der Waals surface area contributed by atoms with E-state index in [9.17, 15) is 9.59 Å². The number of hydrogen-bond acceptors (Lipinski definition) is 8. The van der Waals surface area contributed by atoms with Gasteiger partial charge in [-0.3, -0.25) is 9.59 Å². The number of fused-ring (bicyclic) bond motifs is 1. The fourth-order valence-electron chi connectivity index (χ4n) is 2.69. The van der Waals surface area contributed by atoms with Crippen LogP contribution in [0.5, 0.6) is 11.5 Å². The first-order chi connectivity index (χ1) is 14.5. The molecule has 2 amide bonds. The number of nitrogens with zero attached hydrogens (tertiary/aromatic N) is 3. The molecule has 154 valence electrons. The topological polar surface area (TPSA) is 107 Å². The van der Waals surface area contributed by atoms with Crippen molar-refractivity contribution in [1.82, 2.24) is 15.1 Å². The van der Waals surface area contributed by atoms with Gasteiger partial charge in [0, 0.05) is 30.9 Å². The first-order valence-corrected chi connectivity index (χ1v) is 9.96. The third-order valence-electron chi connectivity index (χ3n) is 4.17. The molecule has 1 aliphatic heterocycles. The predicted molar refractivity (Wildman–Crippen MR) is 110 cm³/mol. The van der Waals surface area contributed by atoms with Crippen LogP contribution in [0.25, 0.3) is 11.5 Å². The van der Waals surface area contributed by atoms with E-state index in [0.29, 0.717) is 34.2 Å². The minimum Gasteiger partial charge on any atom is -0.454 e. The summed E-state index contributed by atoms with van der Waals surface area (Å²) in [5.74, 6) is 1.40. The monoisotopic (exact) mass is 426 g/mol. The van der Waals surface area contributed by atoms with E-state index in [1.807, 2.05) is 0 Å². The number of amides is 2. The number of hydrogen-bond donors (Lipinski definition) is 1. The highest BCUT2D eigenvalue weighted by Crippen LogP contribution is 2.36. The average molecular weight is 426 g/mol. The van der Waals surface area contributed by atoms with Crippen LogP contribution in [-0.4, -0.2) is 53.6 Å². The first kappa shape index (κ1) is 19.8. The molecular weight excluding hydrogens is 408 g/mol. The van der Waals surface area contributed by atoms with Crippen molar-refractivity contribution < 1.29 is 23.5 Å². The van der Waals surface area contributed by atoms with Gasteiger partial charge in [-0.05, 0) is 42.5 Å². The van der Waals surface area contributed by atoms with E-state index in [1.54, 1.807) is 56.6 Å². The molecule has 10 heteroatoms. The van der Waals surface area contributed by atoms with Gasteiger partial charge >= 0.3 is 0 Å². The second-order valence-corrected chi connectivity index (χ2v) is 7.48. The number of rotatable bonds is 6. The number of carbonyl (C=O) groups excluding carboxylic acids is 2. The number of benzene rings is 2. The third-order valence-corrected chi connectivity index (χ3v) is 4.99. The Morgan fingerprint density at radius 2 is 1.83 bits per heavy atom. The smallest absolute Gasteiger partial charge is 0.277 e. The summed E-state index contributed by atoms with van der Waals surface area (Å²) in [5.41, 5.74) is 1.85. The molecule has 1 aliphatic rings. The van der Waals surface area contributed by atoms with Crippen LogP contribution in [0.2, 0.25) is 0 Å². The van der Waals surface area contributed by atoms with E-state index in [4.69, 9.17) is 13.9 Å². The second-order valence-electron chi connectivity index (χ2n) is 6.55. The van der Waals surface area contributed by atoms with Crippen LogP contribution >= 0.6 is 11.8 Å². The molecule has 30 heavy (non-hydrogen) atoms. The number of aromatic nitrogens is 2. The zero-order valence-corrected chi connectivity index (χ0v) is 17.1. The fourth-order valence-corrected chi connectivity index (χ4v) is 3.26. The van der Waals surface area contributed by atoms with E-state index in [-0.39, 0.29) is 29.6 Å². The highest BCUT2D eigenvalue weighted by Gasteiger charge is 2.17. The Balaban J connectivity index is 1.32. The molecule has 0 saturated heterocycles. The fraction of sp³-hybridized carbons (Fsp3) is 0.200. The minimum absolute atomic E-state index is 0.0984. The van der Waals surface area contributed by atoms with Gasteiger partial charge in [0.1, 0.15) is 0 Å². The lowest BCUT2D eigenvalue weighted by Crippen LogP contribution is -2.21. The quantitative estimate of drug-likeness (QED) is 0.600. The summed E-state index contributed by atoms with van der Waals surface area (Å²) in [7, 11) is 3.37. The number of thioether (sulfide) groups is 1. The van der Waals surface area contributed by atoms with Crippen LogP contribution in [0.4, 0.5) is 5.69 Å². The molecule has 1 N–H and O–H groups in total. The van der Waals surface area contributed by atoms with Crippen molar-refractivity contribution >= 4 is 29.3 Å². The molecule has 0 spiro atoms. The number of anilines is 1. The van der Waals surface area contributed by atoms with Crippen molar-refractivity contribution in [2.45, 2.75) is 5.22 Å². The van der Waals surface area contributed by atoms with Gasteiger partial charge in [-0.15, -0.1) is 10.2 Å². The molecule has 0 unspecified atom stereocenters. The van der Waals surface area contributed by atoms with Crippen molar-refractivity contribution in [3.05, 3.63) is 48.0 Å². The minimum atomic E-state index is -0.227. The van der Waals surface area contributed by atoms with Crippen LogP contribution in [-0.2, 0) is 4.79 Å². The SMILES string of the molecule is CN(C)C(=O)c1ccc(NC(=O)CSc2nnc(-c3ccc4c(c3)OCO4)o2)cc1. The summed E-state index contributed by atoms with van der Waals surface area (Å²) in [4.78, 5) is 25.6. The van der Waals surface area contributed by atoms with Crippen LogP contribution in [0, 0.1) is 0 Å². The molecule has 2 heterocycles. The Morgan fingerprint density at radius 3 is 2.60 bits per heavy atom. The molecule has 0 saturated carbocycles. The lowest BCUT2D eigenvalue weighted by atomic mass is 10.2. The number of nitrogens with one attached hydrogen (secondary N) is 1. The maximum absolute atomic E-state index is 12.2. The molecule has 9 nitrogen and oxygen atoms in total. The first-order valence-electron chi connectivity index (χ1n) is 8.97. The van der Waals surface area contributed by atoms with Crippen molar-refractivity contribution in [2.24, 2.45) is 0 Å². The Hall–Kier alpha value is -3.53. The van der Waals surface area contributed by atoms with Gasteiger partial charge in [-0.1, -0.05) is 11.8 Å². The van der Waals surface area contributed by atoms with E-state index in [1.165, 1.54) is 4.90 Å². The Labute approximate surface area is 176 Å². The van der Waals surface area contributed by atoms with Crippen LogP contribution < -0.4 is 14.8 Å². The number of carbonyl (C=O) groups is 2. The lowest BCUT2D eigenvalue weighted by molar-refractivity contribution is -0.113. The van der Waals surface area contributed by atoms with Gasteiger partial charge in [-0.2, -0.15) is 0 Å². The van der Waals surface area contributed by atoms with Gasteiger partial charge in [0.05, 0.1) is 5.75 Å². The van der Waals surface area contributed by atoms with E-state index in [2.05, 4.69) is 15.5 Å². The molecule has 0 atom stereocenters. The maximum atomic E-state index is 12.2. The molecule has 0 aliphatic carbocycles. The highest BCUT2D eigenvalue weighted by atomic mass is 32.2.